The van der Waals surface area contributed by atoms with Crippen molar-refractivity contribution in [2.24, 2.45) is 0 Å². The number of imidazole rings is 1. The number of aromatic nitrogens is 3. The summed E-state index contributed by atoms with van der Waals surface area (Å²) in [5.74, 6) is 2.08. The highest BCUT2D eigenvalue weighted by atomic mass is 32.2. The first-order chi connectivity index (χ1) is 18.1. The lowest BCUT2D eigenvalue weighted by Crippen LogP contribution is -2.11. The van der Waals surface area contributed by atoms with Crippen molar-refractivity contribution in [3.05, 3.63) is 71.4 Å². The molecule has 0 atom stereocenters. The first-order valence-electron chi connectivity index (χ1n) is 11.4. The molecule has 3 heterocycles. The number of hydrogen-bond donors (Lipinski definition) is 2. The van der Waals surface area contributed by atoms with E-state index >= 15 is 0 Å². The molecule has 5 rings (SSSR count). The zero-order valence-electron chi connectivity index (χ0n) is 20.2. The maximum Gasteiger partial charge on any atom is 0.226 e. The molecule has 188 valence electrons. The van der Waals surface area contributed by atoms with Crippen LogP contribution in [0, 0.1) is 0 Å². The number of nitrogens with zero attached hydrogens (tertiary/aromatic N) is 2. The van der Waals surface area contributed by atoms with Crippen molar-refractivity contribution in [1.82, 2.24) is 15.0 Å². The van der Waals surface area contributed by atoms with Gasteiger partial charge in [0.05, 0.1) is 36.2 Å². The molecule has 3 aromatic heterocycles. The molecule has 0 aliphatic heterocycles. The number of nitrogens with one attached hydrogen (secondary N) is 2. The average molecular weight is 549 g/mol. The van der Waals surface area contributed by atoms with Gasteiger partial charge in [0.25, 0.3) is 0 Å². The number of rotatable bonds is 10. The highest BCUT2D eigenvalue weighted by Crippen LogP contribution is 2.34. The third-order valence-corrected chi connectivity index (χ3v) is 8.04. The number of benzene rings is 2. The molecule has 5 aromatic rings. The fourth-order valence-electron chi connectivity index (χ4n) is 3.64. The number of H-pyrrole nitrogens is 1. The normalized spacial score (nSPS) is 10.9. The fraction of sp³-hybridized carbons (Fsp3) is 0.148. The van der Waals surface area contributed by atoms with Gasteiger partial charge in [-0.25, -0.2) is 9.97 Å². The number of aromatic amines is 1. The van der Waals surface area contributed by atoms with Gasteiger partial charge in [-0.05, 0) is 60.0 Å². The lowest BCUT2D eigenvalue weighted by molar-refractivity contribution is -0.115. The minimum atomic E-state index is -0.0723. The fourth-order valence-corrected chi connectivity index (χ4v) is 5.93. The first kappa shape index (κ1) is 25.1. The first-order valence-corrected chi connectivity index (χ1v) is 14.2. The molecular weight excluding hydrogens is 525 g/mol. The number of carbonyl (C=O) groups is 1. The Kier molecular flexibility index (Phi) is 7.88. The summed E-state index contributed by atoms with van der Waals surface area (Å²) in [5.41, 5.74) is 4.59. The van der Waals surface area contributed by atoms with Crippen molar-refractivity contribution < 1.29 is 14.3 Å². The predicted octanol–water partition coefficient (Wildman–Crippen LogP) is 7.07. The SMILES string of the molecule is COc1ccc(-c2nc(SCCC(=O)Nc3nc(-c4cccs4)cs3)[nH]c2-c2ccc(OC)cc2)cc1. The van der Waals surface area contributed by atoms with E-state index in [4.69, 9.17) is 14.5 Å². The van der Waals surface area contributed by atoms with Crippen molar-refractivity contribution >= 4 is 45.5 Å². The Morgan fingerprint density at radius 1 is 0.946 bits per heavy atom. The van der Waals surface area contributed by atoms with Crippen molar-refractivity contribution in [3.8, 4) is 44.6 Å². The highest BCUT2D eigenvalue weighted by molar-refractivity contribution is 7.99. The van der Waals surface area contributed by atoms with Crippen molar-refractivity contribution in [3.63, 3.8) is 0 Å². The highest BCUT2D eigenvalue weighted by Gasteiger charge is 2.16. The molecule has 2 aromatic carbocycles. The molecule has 0 bridgehead atoms. The summed E-state index contributed by atoms with van der Waals surface area (Å²) in [6, 6.07) is 19.7. The second kappa shape index (κ2) is 11.6. The lowest BCUT2D eigenvalue weighted by atomic mass is 10.0. The van der Waals surface area contributed by atoms with E-state index < -0.39 is 0 Å². The molecule has 10 heteroatoms. The van der Waals surface area contributed by atoms with E-state index in [1.54, 1.807) is 25.6 Å². The van der Waals surface area contributed by atoms with Gasteiger partial charge in [0.2, 0.25) is 5.91 Å². The number of carbonyl (C=O) groups excluding carboxylic acids is 1. The van der Waals surface area contributed by atoms with Crippen molar-refractivity contribution in [2.75, 3.05) is 25.3 Å². The molecule has 1 amide bonds. The van der Waals surface area contributed by atoms with Crippen LogP contribution in [0.3, 0.4) is 0 Å². The zero-order valence-corrected chi connectivity index (χ0v) is 22.6. The third-order valence-electron chi connectivity index (χ3n) is 5.52. The van der Waals surface area contributed by atoms with E-state index in [1.165, 1.54) is 23.1 Å². The number of ether oxygens (including phenoxy) is 2. The topological polar surface area (TPSA) is 89.1 Å². The number of anilines is 1. The summed E-state index contributed by atoms with van der Waals surface area (Å²) in [5, 5.41) is 8.24. The van der Waals surface area contributed by atoms with Gasteiger partial charge < -0.3 is 19.8 Å². The van der Waals surface area contributed by atoms with Crippen LogP contribution in [0.1, 0.15) is 6.42 Å². The van der Waals surface area contributed by atoms with Gasteiger partial charge in [-0.2, -0.15) is 0 Å². The van der Waals surface area contributed by atoms with Crippen LogP contribution >= 0.6 is 34.4 Å². The Hall–Kier alpha value is -3.60. The molecule has 0 aliphatic carbocycles. The Labute approximate surface area is 226 Å². The average Bonchev–Trinajstić information content (AvgIpc) is 3.70. The van der Waals surface area contributed by atoms with Gasteiger partial charge >= 0.3 is 0 Å². The summed E-state index contributed by atoms with van der Waals surface area (Å²) in [6.45, 7) is 0. The van der Waals surface area contributed by atoms with Crippen molar-refractivity contribution in [2.45, 2.75) is 11.6 Å². The van der Waals surface area contributed by atoms with E-state index in [2.05, 4.69) is 15.3 Å². The summed E-state index contributed by atoms with van der Waals surface area (Å²) in [4.78, 5) is 26.4. The quantitative estimate of drug-likeness (QED) is 0.182. The van der Waals surface area contributed by atoms with E-state index in [9.17, 15) is 4.79 Å². The van der Waals surface area contributed by atoms with Crippen LogP contribution in [0.5, 0.6) is 11.5 Å². The van der Waals surface area contributed by atoms with E-state index in [1.807, 2.05) is 71.4 Å². The van der Waals surface area contributed by atoms with Gasteiger partial charge in [0.15, 0.2) is 10.3 Å². The summed E-state index contributed by atoms with van der Waals surface area (Å²) in [7, 11) is 3.30. The lowest BCUT2D eigenvalue weighted by Gasteiger charge is -2.06. The molecule has 0 radical (unpaired) electrons. The molecule has 0 unspecified atom stereocenters. The van der Waals surface area contributed by atoms with Gasteiger partial charge in [0.1, 0.15) is 11.5 Å². The monoisotopic (exact) mass is 548 g/mol. The van der Waals surface area contributed by atoms with Gasteiger partial charge in [0, 0.05) is 28.7 Å². The molecule has 2 N–H and O–H groups in total. The molecule has 0 spiro atoms. The predicted molar refractivity (Wildman–Crippen MR) is 152 cm³/mol. The summed E-state index contributed by atoms with van der Waals surface area (Å²) < 4.78 is 10.6. The number of thiophene rings is 1. The van der Waals surface area contributed by atoms with Crippen LogP contribution in [-0.2, 0) is 4.79 Å². The van der Waals surface area contributed by atoms with Crippen molar-refractivity contribution in [1.29, 1.82) is 0 Å². The van der Waals surface area contributed by atoms with Gasteiger partial charge in [-0.1, -0.05) is 17.8 Å². The maximum absolute atomic E-state index is 12.5. The van der Waals surface area contributed by atoms with E-state index in [0.29, 0.717) is 17.3 Å². The summed E-state index contributed by atoms with van der Waals surface area (Å²) in [6.07, 6.45) is 0.342. The van der Waals surface area contributed by atoms with Crippen LogP contribution in [-0.4, -0.2) is 40.8 Å². The summed E-state index contributed by atoms with van der Waals surface area (Å²) >= 11 is 4.57. The molecule has 0 fully saturated rings. The van der Waals surface area contributed by atoms with E-state index in [-0.39, 0.29) is 5.91 Å². The molecule has 37 heavy (non-hydrogen) atoms. The molecule has 0 saturated carbocycles. The number of hydrogen-bond acceptors (Lipinski definition) is 8. The van der Waals surface area contributed by atoms with Crippen LogP contribution in [0.2, 0.25) is 0 Å². The van der Waals surface area contributed by atoms with E-state index in [0.717, 1.165) is 49.7 Å². The van der Waals surface area contributed by atoms with Crippen LogP contribution in [0.25, 0.3) is 33.1 Å². The molecule has 7 nitrogen and oxygen atoms in total. The second-order valence-corrected chi connectivity index (χ2v) is 10.8. The Morgan fingerprint density at radius 3 is 2.30 bits per heavy atom. The van der Waals surface area contributed by atoms with Gasteiger partial charge in [-0.15, -0.1) is 22.7 Å². The molecule has 0 saturated heterocycles. The minimum absolute atomic E-state index is 0.0723. The maximum atomic E-state index is 12.5. The molecule has 0 aliphatic rings. The standard InChI is InChI=1S/C27H24N4O3S3/c1-33-19-9-5-17(6-10-19)24-25(18-7-11-20(34-2)12-8-18)31-27(30-24)36-15-13-23(32)29-26-28-21(16-37-26)22-4-3-14-35-22/h3-12,14,16H,13,15H2,1-2H3,(H,30,31)(H,28,29,32). The zero-order chi connectivity index (χ0) is 25.6. The van der Waals surface area contributed by atoms with Crippen LogP contribution in [0.15, 0.2) is 76.6 Å². The van der Waals surface area contributed by atoms with Crippen LogP contribution < -0.4 is 14.8 Å². The van der Waals surface area contributed by atoms with Crippen LogP contribution in [0.4, 0.5) is 5.13 Å². The largest absolute Gasteiger partial charge is 0.497 e. The number of methoxy groups -OCH3 is 2. The minimum Gasteiger partial charge on any atom is -0.497 e. The number of amides is 1. The Balaban J connectivity index is 1.27. The Bertz CT molecular complexity index is 1390. The second-order valence-electron chi connectivity index (χ2n) is 7.88. The molecular formula is C27H24N4O3S3. The third kappa shape index (κ3) is 6.04. The number of thioether (sulfide) groups is 1. The number of thiazole rings is 1. The van der Waals surface area contributed by atoms with Gasteiger partial charge in [-0.3, -0.25) is 4.79 Å². The smallest absolute Gasteiger partial charge is 0.226 e. The Morgan fingerprint density at radius 2 is 1.65 bits per heavy atom.